The standard InChI is InChI=1S/C15H19NS/c1-15(2,3)13-4-6-14(7-5-13)16-10-12-8-9-17-11-12/h4-9,11,16H,10H2,1-3H3. The molecule has 0 bridgehead atoms. The highest BCUT2D eigenvalue weighted by Crippen LogP contribution is 2.23. The number of nitrogens with one attached hydrogen (secondary N) is 1. The summed E-state index contributed by atoms with van der Waals surface area (Å²) in [5.41, 5.74) is 4.13. The Balaban J connectivity index is 1.99. The highest BCUT2D eigenvalue weighted by molar-refractivity contribution is 7.07. The molecule has 90 valence electrons. The van der Waals surface area contributed by atoms with Crippen LogP contribution >= 0.6 is 11.3 Å². The van der Waals surface area contributed by atoms with Crippen LogP contribution in [0.25, 0.3) is 0 Å². The Morgan fingerprint density at radius 1 is 1.06 bits per heavy atom. The number of hydrogen-bond donors (Lipinski definition) is 1. The van der Waals surface area contributed by atoms with E-state index in [1.165, 1.54) is 16.8 Å². The SMILES string of the molecule is CC(C)(C)c1ccc(NCc2ccsc2)cc1. The van der Waals surface area contributed by atoms with Gasteiger partial charge in [-0.3, -0.25) is 0 Å². The number of rotatable bonds is 3. The van der Waals surface area contributed by atoms with E-state index in [1.54, 1.807) is 11.3 Å². The smallest absolute Gasteiger partial charge is 0.0409 e. The number of benzene rings is 1. The van der Waals surface area contributed by atoms with Gasteiger partial charge in [-0.2, -0.15) is 11.3 Å². The largest absolute Gasteiger partial charge is 0.381 e. The molecule has 0 aliphatic rings. The summed E-state index contributed by atoms with van der Waals surface area (Å²) in [6, 6.07) is 10.9. The van der Waals surface area contributed by atoms with Crippen LogP contribution in [0.1, 0.15) is 31.9 Å². The molecular formula is C15H19NS. The Morgan fingerprint density at radius 2 is 1.76 bits per heavy atom. The minimum atomic E-state index is 0.228. The normalized spacial score (nSPS) is 11.5. The summed E-state index contributed by atoms with van der Waals surface area (Å²) in [6.07, 6.45) is 0. The van der Waals surface area contributed by atoms with Gasteiger partial charge >= 0.3 is 0 Å². The van der Waals surface area contributed by atoms with Crippen LogP contribution in [-0.4, -0.2) is 0 Å². The highest BCUT2D eigenvalue weighted by atomic mass is 32.1. The zero-order valence-corrected chi connectivity index (χ0v) is 11.5. The second-order valence-corrected chi connectivity index (χ2v) is 6.09. The molecule has 1 aromatic carbocycles. The predicted molar refractivity (Wildman–Crippen MR) is 76.8 cm³/mol. The van der Waals surface area contributed by atoms with Crippen molar-refractivity contribution in [1.29, 1.82) is 0 Å². The molecular weight excluding hydrogens is 226 g/mol. The van der Waals surface area contributed by atoms with E-state index in [1.807, 2.05) is 0 Å². The molecule has 0 saturated heterocycles. The Morgan fingerprint density at radius 3 is 2.29 bits per heavy atom. The van der Waals surface area contributed by atoms with Crippen molar-refractivity contribution in [2.75, 3.05) is 5.32 Å². The van der Waals surface area contributed by atoms with Crippen LogP contribution in [0.3, 0.4) is 0 Å². The number of anilines is 1. The van der Waals surface area contributed by atoms with Gasteiger partial charge in [-0.1, -0.05) is 32.9 Å². The molecule has 0 atom stereocenters. The first-order valence-electron chi connectivity index (χ1n) is 5.91. The molecule has 0 fully saturated rings. The maximum Gasteiger partial charge on any atom is 0.0409 e. The van der Waals surface area contributed by atoms with Gasteiger partial charge in [0.2, 0.25) is 0 Å². The van der Waals surface area contributed by atoms with E-state index in [9.17, 15) is 0 Å². The van der Waals surface area contributed by atoms with Crippen molar-refractivity contribution in [3.8, 4) is 0 Å². The molecule has 1 N–H and O–H groups in total. The van der Waals surface area contributed by atoms with Gasteiger partial charge in [0.25, 0.3) is 0 Å². The molecule has 2 heteroatoms. The fraction of sp³-hybridized carbons (Fsp3) is 0.333. The molecule has 1 nitrogen and oxygen atoms in total. The highest BCUT2D eigenvalue weighted by Gasteiger charge is 2.12. The van der Waals surface area contributed by atoms with Crippen molar-refractivity contribution >= 4 is 17.0 Å². The monoisotopic (exact) mass is 245 g/mol. The van der Waals surface area contributed by atoms with E-state index in [4.69, 9.17) is 0 Å². The molecule has 1 aromatic heterocycles. The van der Waals surface area contributed by atoms with Gasteiger partial charge in [-0.25, -0.2) is 0 Å². The molecule has 2 rings (SSSR count). The summed E-state index contributed by atoms with van der Waals surface area (Å²) in [4.78, 5) is 0. The molecule has 0 aliphatic heterocycles. The van der Waals surface area contributed by atoms with E-state index >= 15 is 0 Å². The van der Waals surface area contributed by atoms with Crippen molar-refractivity contribution in [1.82, 2.24) is 0 Å². The van der Waals surface area contributed by atoms with Crippen LogP contribution in [-0.2, 0) is 12.0 Å². The zero-order valence-electron chi connectivity index (χ0n) is 10.7. The molecule has 2 aromatic rings. The Kier molecular flexibility index (Phi) is 3.53. The Labute approximate surface area is 108 Å². The predicted octanol–water partition coefficient (Wildman–Crippen LogP) is 4.66. The van der Waals surface area contributed by atoms with E-state index in [0.29, 0.717) is 0 Å². The third kappa shape index (κ3) is 3.34. The summed E-state index contributed by atoms with van der Waals surface area (Å²) >= 11 is 1.74. The molecule has 0 unspecified atom stereocenters. The first-order valence-corrected chi connectivity index (χ1v) is 6.85. The van der Waals surface area contributed by atoms with E-state index in [-0.39, 0.29) is 5.41 Å². The minimum absolute atomic E-state index is 0.228. The Hall–Kier alpha value is -1.28. The molecule has 0 saturated carbocycles. The lowest BCUT2D eigenvalue weighted by Crippen LogP contribution is -2.10. The van der Waals surface area contributed by atoms with Crippen LogP contribution in [0.5, 0.6) is 0 Å². The Bertz CT molecular complexity index is 449. The van der Waals surface area contributed by atoms with Gasteiger partial charge < -0.3 is 5.32 Å². The zero-order chi connectivity index (χ0) is 12.3. The lowest BCUT2D eigenvalue weighted by Gasteiger charge is -2.19. The number of hydrogen-bond acceptors (Lipinski definition) is 2. The van der Waals surface area contributed by atoms with E-state index in [0.717, 1.165) is 6.54 Å². The van der Waals surface area contributed by atoms with Gasteiger partial charge in [0.1, 0.15) is 0 Å². The molecule has 0 spiro atoms. The van der Waals surface area contributed by atoms with E-state index < -0.39 is 0 Å². The average Bonchev–Trinajstić information content (AvgIpc) is 2.78. The van der Waals surface area contributed by atoms with Crippen LogP contribution in [0, 0.1) is 0 Å². The van der Waals surface area contributed by atoms with Gasteiger partial charge in [0, 0.05) is 12.2 Å². The minimum Gasteiger partial charge on any atom is -0.381 e. The third-order valence-electron chi connectivity index (χ3n) is 2.83. The summed E-state index contributed by atoms with van der Waals surface area (Å²) < 4.78 is 0. The molecule has 1 heterocycles. The summed E-state index contributed by atoms with van der Waals surface area (Å²) in [6.45, 7) is 7.61. The van der Waals surface area contributed by atoms with Crippen LogP contribution in [0.2, 0.25) is 0 Å². The molecule has 17 heavy (non-hydrogen) atoms. The van der Waals surface area contributed by atoms with Crippen molar-refractivity contribution in [3.05, 3.63) is 52.2 Å². The topological polar surface area (TPSA) is 12.0 Å². The van der Waals surface area contributed by atoms with Crippen molar-refractivity contribution in [2.45, 2.75) is 32.7 Å². The average molecular weight is 245 g/mol. The summed E-state index contributed by atoms with van der Waals surface area (Å²) in [5.74, 6) is 0. The molecule has 0 aliphatic carbocycles. The lowest BCUT2D eigenvalue weighted by molar-refractivity contribution is 0.590. The summed E-state index contributed by atoms with van der Waals surface area (Å²) in [7, 11) is 0. The maximum atomic E-state index is 3.43. The van der Waals surface area contributed by atoms with E-state index in [2.05, 4.69) is 67.2 Å². The van der Waals surface area contributed by atoms with Crippen LogP contribution in [0.15, 0.2) is 41.1 Å². The second kappa shape index (κ2) is 4.92. The van der Waals surface area contributed by atoms with Gasteiger partial charge in [0.15, 0.2) is 0 Å². The molecule has 0 radical (unpaired) electrons. The molecule has 0 amide bonds. The van der Waals surface area contributed by atoms with Gasteiger partial charge in [0.05, 0.1) is 0 Å². The fourth-order valence-electron chi connectivity index (χ4n) is 1.69. The summed E-state index contributed by atoms with van der Waals surface area (Å²) in [5, 5.41) is 7.72. The van der Waals surface area contributed by atoms with Gasteiger partial charge in [-0.05, 0) is 45.5 Å². The first kappa shape index (κ1) is 12.2. The van der Waals surface area contributed by atoms with Crippen LogP contribution < -0.4 is 5.32 Å². The quantitative estimate of drug-likeness (QED) is 0.829. The van der Waals surface area contributed by atoms with Crippen LogP contribution in [0.4, 0.5) is 5.69 Å². The third-order valence-corrected chi connectivity index (χ3v) is 3.56. The van der Waals surface area contributed by atoms with Gasteiger partial charge in [-0.15, -0.1) is 0 Å². The fourth-order valence-corrected chi connectivity index (χ4v) is 2.35. The van der Waals surface area contributed by atoms with Crippen molar-refractivity contribution < 1.29 is 0 Å². The second-order valence-electron chi connectivity index (χ2n) is 5.31. The maximum absolute atomic E-state index is 3.43. The van der Waals surface area contributed by atoms with Crippen molar-refractivity contribution in [3.63, 3.8) is 0 Å². The lowest BCUT2D eigenvalue weighted by atomic mass is 9.87. The van der Waals surface area contributed by atoms with Crippen molar-refractivity contribution in [2.24, 2.45) is 0 Å². The first-order chi connectivity index (χ1) is 8.05. The number of thiophene rings is 1.